The normalized spacial score (nSPS) is 11.2. The molecule has 0 unspecified atom stereocenters. The predicted molar refractivity (Wildman–Crippen MR) is 95.0 cm³/mol. The van der Waals surface area contributed by atoms with E-state index >= 15 is 0 Å². The Balaban J connectivity index is 1.94. The number of halogens is 1. The highest BCUT2D eigenvalue weighted by Gasteiger charge is 2.18. The van der Waals surface area contributed by atoms with Crippen molar-refractivity contribution < 1.29 is 19.0 Å². The van der Waals surface area contributed by atoms with Crippen molar-refractivity contribution in [1.29, 1.82) is 0 Å². The number of aliphatic hydroxyl groups is 1. The van der Waals surface area contributed by atoms with E-state index in [0.29, 0.717) is 24.3 Å². The highest BCUT2D eigenvalue weighted by Crippen LogP contribution is 2.18. The maximum absolute atomic E-state index is 13.2. The molecule has 0 aliphatic rings. The monoisotopic (exact) mass is 345 g/mol. The third-order valence-electron chi connectivity index (χ3n) is 3.91. The van der Waals surface area contributed by atoms with E-state index in [-0.39, 0.29) is 30.4 Å². The minimum Gasteiger partial charge on any atom is -0.489 e. The molecule has 0 spiro atoms. The molecule has 2 N–H and O–H groups in total. The third-order valence-corrected chi connectivity index (χ3v) is 3.91. The van der Waals surface area contributed by atoms with Gasteiger partial charge in [0.1, 0.15) is 18.2 Å². The number of rotatable bonds is 8. The van der Waals surface area contributed by atoms with Crippen molar-refractivity contribution in [3.8, 4) is 5.75 Å². The van der Waals surface area contributed by atoms with Crippen molar-refractivity contribution in [3.05, 3.63) is 65.5 Å². The Labute approximate surface area is 147 Å². The summed E-state index contributed by atoms with van der Waals surface area (Å²) >= 11 is 0. The average Bonchev–Trinajstić information content (AvgIpc) is 2.58. The molecule has 0 aliphatic heterocycles. The number of hydrogen-bond acceptors (Lipinski definition) is 3. The maximum atomic E-state index is 13.2. The van der Waals surface area contributed by atoms with Gasteiger partial charge in [0.05, 0.1) is 0 Å². The van der Waals surface area contributed by atoms with E-state index in [9.17, 15) is 9.18 Å². The summed E-state index contributed by atoms with van der Waals surface area (Å²) in [6, 6.07) is 13.1. The number of carbonyl (C=O) groups excluding carboxylic acids is 1. The molecule has 134 valence electrons. The number of aliphatic hydroxyl groups excluding tert-OH is 1. The summed E-state index contributed by atoms with van der Waals surface area (Å²) in [6.45, 7) is 4.81. The van der Waals surface area contributed by atoms with Crippen LogP contribution in [0.4, 0.5) is 4.39 Å². The molecule has 0 aromatic heterocycles. The van der Waals surface area contributed by atoms with Gasteiger partial charge in [-0.25, -0.2) is 4.39 Å². The van der Waals surface area contributed by atoms with E-state index in [1.54, 1.807) is 30.3 Å². The zero-order valence-corrected chi connectivity index (χ0v) is 14.6. The number of ether oxygens (including phenoxy) is 1. The van der Waals surface area contributed by atoms with E-state index in [1.165, 1.54) is 12.1 Å². The SMILES string of the molecule is CC(C)(CCO)CNC(=O)c1cccc(COc2cccc(F)c2)c1. The standard InChI is InChI=1S/C20H24FNO3/c1-20(2,9-10-23)14-22-19(24)16-6-3-5-15(11-16)13-25-18-8-4-7-17(21)12-18/h3-8,11-12,23H,9-10,13-14H2,1-2H3,(H,22,24). The third kappa shape index (κ3) is 6.19. The first-order valence-corrected chi connectivity index (χ1v) is 8.26. The smallest absolute Gasteiger partial charge is 0.251 e. The van der Waals surface area contributed by atoms with Crippen molar-refractivity contribution in [2.75, 3.05) is 13.2 Å². The maximum Gasteiger partial charge on any atom is 0.251 e. The van der Waals surface area contributed by atoms with Crippen molar-refractivity contribution in [2.24, 2.45) is 5.41 Å². The number of benzene rings is 2. The molecule has 2 aromatic rings. The molecule has 0 radical (unpaired) electrons. The van der Waals surface area contributed by atoms with Crippen LogP contribution in [-0.4, -0.2) is 24.2 Å². The summed E-state index contributed by atoms with van der Waals surface area (Å²) in [7, 11) is 0. The quantitative estimate of drug-likeness (QED) is 0.769. The fraction of sp³-hybridized carbons (Fsp3) is 0.350. The van der Waals surface area contributed by atoms with E-state index < -0.39 is 0 Å². The molecule has 0 atom stereocenters. The van der Waals surface area contributed by atoms with Gasteiger partial charge in [-0.05, 0) is 41.7 Å². The molecular weight excluding hydrogens is 321 g/mol. The molecule has 0 fully saturated rings. The molecule has 0 saturated carbocycles. The van der Waals surface area contributed by atoms with E-state index in [0.717, 1.165) is 5.56 Å². The second-order valence-corrected chi connectivity index (χ2v) is 6.77. The van der Waals surface area contributed by atoms with Gasteiger partial charge in [-0.2, -0.15) is 0 Å². The van der Waals surface area contributed by atoms with Crippen LogP contribution < -0.4 is 10.1 Å². The van der Waals surface area contributed by atoms with Crippen LogP contribution in [-0.2, 0) is 6.61 Å². The van der Waals surface area contributed by atoms with Gasteiger partial charge < -0.3 is 15.2 Å². The van der Waals surface area contributed by atoms with Crippen molar-refractivity contribution in [2.45, 2.75) is 26.9 Å². The van der Waals surface area contributed by atoms with Gasteiger partial charge in [-0.3, -0.25) is 4.79 Å². The zero-order chi connectivity index (χ0) is 18.3. The molecule has 1 amide bonds. The van der Waals surface area contributed by atoms with Gasteiger partial charge in [0.25, 0.3) is 5.91 Å². The van der Waals surface area contributed by atoms with Crippen LogP contribution in [0.1, 0.15) is 36.2 Å². The first kappa shape index (κ1) is 18.9. The van der Waals surface area contributed by atoms with E-state index in [2.05, 4.69) is 5.32 Å². The minimum absolute atomic E-state index is 0.0930. The Morgan fingerprint density at radius 1 is 1.20 bits per heavy atom. The van der Waals surface area contributed by atoms with E-state index in [4.69, 9.17) is 9.84 Å². The molecule has 0 heterocycles. The van der Waals surface area contributed by atoms with Crippen LogP contribution in [0.3, 0.4) is 0 Å². The molecule has 2 rings (SSSR count). The Hall–Kier alpha value is -2.40. The molecule has 4 nitrogen and oxygen atoms in total. The van der Waals surface area contributed by atoms with Gasteiger partial charge in [0.15, 0.2) is 0 Å². The zero-order valence-electron chi connectivity index (χ0n) is 14.6. The van der Waals surface area contributed by atoms with Crippen LogP contribution in [0.25, 0.3) is 0 Å². The van der Waals surface area contributed by atoms with E-state index in [1.807, 2.05) is 19.9 Å². The lowest BCUT2D eigenvalue weighted by Crippen LogP contribution is -2.34. The summed E-state index contributed by atoms with van der Waals surface area (Å²) in [5.41, 5.74) is 1.20. The van der Waals surface area contributed by atoms with Gasteiger partial charge >= 0.3 is 0 Å². The summed E-state index contributed by atoms with van der Waals surface area (Å²) < 4.78 is 18.7. The molecule has 0 saturated heterocycles. The van der Waals surface area contributed by atoms with Crippen molar-refractivity contribution in [1.82, 2.24) is 5.32 Å². The van der Waals surface area contributed by atoms with Crippen molar-refractivity contribution in [3.63, 3.8) is 0 Å². The van der Waals surface area contributed by atoms with Crippen molar-refractivity contribution >= 4 is 5.91 Å². The lowest BCUT2D eigenvalue weighted by Gasteiger charge is -2.23. The van der Waals surface area contributed by atoms with Crippen LogP contribution >= 0.6 is 0 Å². The molecule has 0 bridgehead atoms. The molecule has 2 aromatic carbocycles. The number of hydrogen-bond donors (Lipinski definition) is 2. The van der Waals surface area contributed by atoms with Crippen LogP contribution in [0, 0.1) is 11.2 Å². The Morgan fingerprint density at radius 3 is 2.68 bits per heavy atom. The first-order valence-electron chi connectivity index (χ1n) is 8.26. The lowest BCUT2D eigenvalue weighted by molar-refractivity contribution is 0.0928. The second-order valence-electron chi connectivity index (χ2n) is 6.77. The molecular formula is C20H24FNO3. The largest absolute Gasteiger partial charge is 0.489 e. The summed E-state index contributed by atoms with van der Waals surface area (Å²) in [5, 5.41) is 11.9. The Bertz CT molecular complexity index is 716. The predicted octanol–water partition coefficient (Wildman–Crippen LogP) is 3.54. The first-order chi connectivity index (χ1) is 11.9. The summed E-state index contributed by atoms with van der Waals surface area (Å²) in [4.78, 5) is 12.3. The number of nitrogens with one attached hydrogen (secondary N) is 1. The van der Waals surface area contributed by atoms with Crippen LogP contribution in [0.15, 0.2) is 48.5 Å². The highest BCUT2D eigenvalue weighted by atomic mass is 19.1. The van der Waals surface area contributed by atoms with Crippen LogP contribution in [0.2, 0.25) is 0 Å². The molecule has 5 heteroatoms. The fourth-order valence-corrected chi connectivity index (χ4v) is 2.34. The minimum atomic E-state index is -0.351. The summed E-state index contributed by atoms with van der Waals surface area (Å²) in [6.07, 6.45) is 0.620. The fourth-order valence-electron chi connectivity index (χ4n) is 2.34. The van der Waals surface area contributed by atoms with Gasteiger partial charge in [0, 0.05) is 24.8 Å². The van der Waals surface area contributed by atoms with Gasteiger partial charge in [-0.1, -0.05) is 32.0 Å². The molecule has 25 heavy (non-hydrogen) atoms. The highest BCUT2D eigenvalue weighted by molar-refractivity contribution is 5.94. The summed E-state index contributed by atoms with van der Waals surface area (Å²) in [5.74, 6) is -0.0737. The van der Waals surface area contributed by atoms with Gasteiger partial charge in [-0.15, -0.1) is 0 Å². The van der Waals surface area contributed by atoms with Gasteiger partial charge in [0.2, 0.25) is 0 Å². The second kappa shape index (κ2) is 8.62. The topological polar surface area (TPSA) is 58.6 Å². The lowest BCUT2D eigenvalue weighted by atomic mass is 9.89. The molecule has 0 aliphatic carbocycles. The Morgan fingerprint density at radius 2 is 1.96 bits per heavy atom. The average molecular weight is 345 g/mol. The number of carbonyl (C=O) groups is 1. The van der Waals surface area contributed by atoms with Crippen LogP contribution in [0.5, 0.6) is 5.75 Å². The Kier molecular flexibility index (Phi) is 6.53. The number of amides is 1.